The predicted octanol–water partition coefficient (Wildman–Crippen LogP) is 2.20. The van der Waals surface area contributed by atoms with Gasteiger partial charge in [-0.25, -0.2) is 0 Å². The average molecular weight is 253 g/mol. The number of benzene rings is 2. The van der Waals surface area contributed by atoms with Crippen LogP contribution < -0.4 is 4.74 Å². The summed E-state index contributed by atoms with van der Waals surface area (Å²) >= 11 is 0. The molecule has 5 heteroatoms. The minimum atomic E-state index is -0.0813. The van der Waals surface area contributed by atoms with Crippen LogP contribution in [0.1, 0.15) is 15.9 Å². The first-order valence-corrected chi connectivity index (χ1v) is 5.78. The van der Waals surface area contributed by atoms with E-state index in [2.05, 4.69) is 15.4 Å². The second kappa shape index (κ2) is 4.53. The minimum Gasteiger partial charge on any atom is -0.497 e. The van der Waals surface area contributed by atoms with Gasteiger partial charge in [0, 0.05) is 5.56 Å². The van der Waals surface area contributed by atoms with Crippen molar-refractivity contribution >= 4 is 16.8 Å². The quantitative estimate of drug-likeness (QED) is 0.726. The summed E-state index contributed by atoms with van der Waals surface area (Å²) in [5.74, 6) is 0.637. The molecular weight excluding hydrogens is 242 g/mol. The van der Waals surface area contributed by atoms with E-state index in [0.29, 0.717) is 22.2 Å². The molecule has 0 atom stereocenters. The Labute approximate surface area is 109 Å². The molecule has 0 radical (unpaired) electrons. The zero-order valence-corrected chi connectivity index (χ0v) is 10.3. The van der Waals surface area contributed by atoms with Gasteiger partial charge in [-0.1, -0.05) is 6.07 Å². The highest BCUT2D eigenvalue weighted by Gasteiger charge is 2.14. The summed E-state index contributed by atoms with van der Waals surface area (Å²) in [6.07, 6.45) is 0. The number of ketones is 1. The van der Waals surface area contributed by atoms with Crippen LogP contribution in [-0.4, -0.2) is 28.3 Å². The van der Waals surface area contributed by atoms with Crippen molar-refractivity contribution in [2.45, 2.75) is 0 Å². The second-order valence-electron chi connectivity index (χ2n) is 4.05. The first-order chi connectivity index (χ1) is 9.29. The number of hydrogen-bond acceptors (Lipinski definition) is 4. The molecular formula is C14H11N3O2. The number of aromatic nitrogens is 3. The molecule has 0 amide bonds. The van der Waals surface area contributed by atoms with E-state index in [1.165, 1.54) is 0 Å². The van der Waals surface area contributed by atoms with E-state index in [0.717, 1.165) is 5.75 Å². The molecule has 0 aliphatic heterocycles. The Hall–Kier alpha value is -2.69. The zero-order chi connectivity index (χ0) is 13.2. The van der Waals surface area contributed by atoms with Gasteiger partial charge in [0.15, 0.2) is 5.78 Å². The van der Waals surface area contributed by atoms with Crippen molar-refractivity contribution < 1.29 is 9.53 Å². The molecule has 0 bridgehead atoms. The third kappa shape index (κ3) is 1.95. The molecule has 1 aromatic heterocycles. The first-order valence-electron chi connectivity index (χ1n) is 5.78. The number of fused-ring (bicyclic) bond motifs is 1. The molecule has 3 rings (SSSR count). The van der Waals surface area contributed by atoms with Gasteiger partial charge < -0.3 is 4.74 Å². The number of nitrogens with zero attached hydrogens (tertiary/aromatic N) is 2. The Morgan fingerprint density at radius 2 is 1.89 bits per heavy atom. The smallest absolute Gasteiger partial charge is 0.195 e. The van der Waals surface area contributed by atoms with Gasteiger partial charge in [-0.2, -0.15) is 15.4 Å². The number of aromatic amines is 1. The van der Waals surface area contributed by atoms with Crippen LogP contribution in [0, 0.1) is 0 Å². The molecule has 94 valence electrons. The fourth-order valence-electron chi connectivity index (χ4n) is 1.95. The lowest BCUT2D eigenvalue weighted by molar-refractivity contribution is 0.104. The van der Waals surface area contributed by atoms with Crippen molar-refractivity contribution in [2.75, 3.05) is 7.11 Å². The lowest BCUT2D eigenvalue weighted by atomic mass is 10.0. The highest BCUT2D eigenvalue weighted by molar-refractivity contribution is 6.15. The number of carbonyl (C=O) groups is 1. The van der Waals surface area contributed by atoms with Gasteiger partial charge in [0.05, 0.1) is 12.7 Å². The van der Waals surface area contributed by atoms with Crippen LogP contribution in [0.15, 0.2) is 42.5 Å². The van der Waals surface area contributed by atoms with E-state index in [1.54, 1.807) is 43.5 Å². The van der Waals surface area contributed by atoms with Crippen LogP contribution in [0.2, 0.25) is 0 Å². The summed E-state index contributed by atoms with van der Waals surface area (Å²) < 4.78 is 5.07. The van der Waals surface area contributed by atoms with Gasteiger partial charge in [-0.3, -0.25) is 4.79 Å². The van der Waals surface area contributed by atoms with Crippen LogP contribution in [0.4, 0.5) is 0 Å². The maximum Gasteiger partial charge on any atom is 0.195 e. The number of nitrogens with one attached hydrogen (secondary N) is 1. The number of methoxy groups -OCH3 is 1. The average Bonchev–Trinajstić information content (AvgIpc) is 2.95. The number of carbonyl (C=O) groups excluding carboxylic acids is 1. The van der Waals surface area contributed by atoms with E-state index in [9.17, 15) is 4.79 Å². The first kappa shape index (κ1) is 11.4. The number of hydrogen-bond donors (Lipinski definition) is 1. The molecule has 5 nitrogen and oxygen atoms in total. The van der Waals surface area contributed by atoms with Gasteiger partial charge in [-0.05, 0) is 36.4 Å². The molecule has 0 aliphatic rings. The molecule has 0 saturated carbocycles. The van der Waals surface area contributed by atoms with Crippen molar-refractivity contribution in [2.24, 2.45) is 0 Å². The van der Waals surface area contributed by atoms with Crippen LogP contribution in [0.25, 0.3) is 11.0 Å². The maximum absolute atomic E-state index is 12.4. The number of rotatable bonds is 3. The number of para-hydroxylation sites is 1. The molecule has 0 saturated heterocycles. The summed E-state index contributed by atoms with van der Waals surface area (Å²) in [6.45, 7) is 0. The molecule has 19 heavy (non-hydrogen) atoms. The predicted molar refractivity (Wildman–Crippen MR) is 70.3 cm³/mol. The van der Waals surface area contributed by atoms with Crippen LogP contribution in [-0.2, 0) is 0 Å². The highest BCUT2D eigenvalue weighted by atomic mass is 16.5. The van der Waals surface area contributed by atoms with E-state index in [1.807, 2.05) is 6.07 Å². The summed E-state index contributed by atoms with van der Waals surface area (Å²) in [5.41, 5.74) is 2.40. The maximum atomic E-state index is 12.4. The highest BCUT2D eigenvalue weighted by Crippen LogP contribution is 2.19. The Morgan fingerprint density at radius 1 is 1.11 bits per heavy atom. The van der Waals surface area contributed by atoms with Crippen molar-refractivity contribution in [3.05, 3.63) is 53.6 Å². The molecule has 3 aromatic rings. The van der Waals surface area contributed by atoms with Crippen LogP contribution in [0.5, 0.6) is 5.75 Å². The van der Waals surface area contributed by atoms with E-state index in [4.69, 9.17) is 4.74 Å². The largest absolute Gasteiger partial charge is 0.497 e. The SMILES string of the molecule is COc1ccc(C(=O)c2cccc3n[nH]nc23)cc1. The molecule has 2 aromatic carbocycles. The van der Waals surface area contributed by atoms with Crippen molar-refractivity contribution in [1.82, 2.24) is 15.4 Å². The summed E-state index contributed by atoms with van der Waals surface area (Å²) in [6, 6.07) is 12.3. The van der Waals surface area contributed by atoms with E-state index in [-0.39, 0.29) is 5.78 Å². The third-order valence-corrected chi connectivity index (χ3v) is 2.94. The molecule has 0 spiro atoms. The van der Waals surface area contributed by atoms with Crippen molar-refractivity contribution in [3.8, 4) is 5.75 Å². The molecule has 1 heterocycles. The minimum absolute atomic E-state index is 0.0813. The monoisotopic (exact) mass is 253 g/mol. The standard InChI is InChI=1S/C14H11N3O2/c1-19-10-7-5-9(6-8-10)14(18)11-3-2-4-12-13(11)16-17-15-12/h2-8H,1H3,(H,15,16,17). The summed E-state index contributed by atoms with van der Waals surface area (Å²) in [5, 5.41) is 10.5. The Balaban J connectivity index is 2.05. The Kier molecular flexibility index (Phi) is 2.72. The van der Waals surface area contributed by atoms with Gasteiger partial charge in [0.25, 0.3) is 0 Å². The van der Waals surface area contributed by atoms with Crippen molar-refractivity contribution in [3.63, 3.8) is 0 Å². The van der Waals surface area contributed by atoms with Crippen LogP contribution in [0.3, 0.4) is 0 Å². The molecule has 0 unspecified atom stereocenters. The zero-order valence-electron chi connectivity index (χ0n) is 10.3. The number of ether oxygens (including phenoxy) is 1. The fourth-order valence-corrected chi connectivity index (χ4v) is 1.95. The molecule has 0 fully saturated rings. The van der Waals surface area contributed by atoms with Crippen molar-refractivity contribution in [1.29, 1.82) is 0 Å². The number of H-pyrrole nitrogens is 1. The van der Waals surface area contributed by atoms with E-state index < -0.39 is 0 Å². The topological polar surface area (TPSA) is 67.9 Å². The summed E-state index contributed by atoms with van der Waals surface area (Å²) in [7, 11) is 1.59. The van der Waals surface area contributed by atoms with Gasteiger partial charge in [0.1, 0.15) is 16.8 Å². The normalized spacial score (nSPS) is 10.6. The summed E-state index contributed by atoms with van der Waals surface area (Å²) in [4.78, 5) is 12.4. The second-order valence-corrected chi connectivity index (χ2v) is 4.05. The molecule has 0 aliphatic carbocycles. The third-order valence-electron chi connectivity index (χ3n) is 2.94. The van der Waals surface area contributed by atoms with Gasteiger partial charge in [-0.15, -0.1) is 0 Å². The van der Waals surface area contributed by atoms with Crippen LogP contribution >= 0.6 is 0 Å². The Morgan fingerprint density at radius 3 is 2.63 bits per heavy atom. The lowest BCUT2D eigenvalue weighted by Gasteiger charge is -2.03. The van der Waals surface area contributed by atoms with E-state index >= 15 is 0 Å². The van der Waals surface area contributed by atoms with Gasteiger partial charge >= 0.3 is 0 Å². The van der Waals surface area contributed by atoms with Gasteiger partial charge in [0.2, 0.25) is 0 Å². The fraction of sp³-hybridized carbons (Fsp3) is 0.0714. The Bertz CT molecular complexity index is 732. The molecule has 1 N–H and O–H groups in total. The lowest BCUT2D eigenvalue weighted by Crippen LogP contribution is -2.02.